The van der Waals surface area contributed by atoms with Gasteiger partial charge in [0.15, 0.2) is 0 Å². The normalized spacial score (nSPS) is 10.0. The molecule has 1 aromatic carbocycles. The molecule has 1 N–H and O–H groups in total. The lowest BCUT2D eigenvalue weighted by Gasteiger charge is -2.06. The highest BCUT2D eigenvalue weighted by molar-refractivity contribution is 6.33. The number of pyridine rings is 1. The largest absolute Gasteiger partial charge is 0.487 e. The van der Waals surface area contributed by atoms with Gasteiger partial charge in [-0.25, -0.2) is 4.79 Å². The van der Waals surface area contributed by atoms with Crippen molar-refractivity contribution in [3.63, 3.8) is 0 Å². The van der Waals surface area contributed by atoms with Crippen LogP contribution in [0.2, 0.25) is 0 Å². The van der Waals surface area contributed by atoms with E-state index in [4.69, 9.17) is 9.84 Å². The van der Waals surface area contributed by atoms with Gasteiger partial charge in [0.1, 0.15) is 12.4 Å². The van der Waals surface area contributed by atoms with E-state index in [9.17, 15) is 9.59 Å². The van der Waals surface area contributed by atoms with Gasteiger partial charge in [0.2, 0.25) is 5.78 Å². The van der Waals surface area contributed by atoms with Crippen LogP contribution >= 0.6 is 0 Å². The van der Waals surface area contributed by atoms with Gasteiger partial charge in [-0.1, -0.05) is 30.3 Å². The summed E-state index contributed by atoms with van der Waals surface area (Å²) in [5.41, 5.74) is 1.45. The molecule has 0 bridgehead atoms. The number of carbonyl (C=O) groups is 2. The summed E-state index contributed by atoms with van der Waals surface area (Å²) in [7, 11) is 0. The minimum atomic E-state index is -1.45. The Morgan fingerprint density at radius 3 is 2.45 bits per heavy atom. The van der Waals surface area contributed by atoms with Crippen molar-refractivity contribution < 1.29 is 19.4 Å². The fourth-order valence-electron chi connectivity index (χ4n) is 1.58. The summed E-state index contributed by atoms with van der Waals surface area (Å²) in [6.45, 7) is 0.427. The summed E-state index contributed by atoms with van der Waals surface area (Å²) < 4.78 is 5.54. The lowest BCUT2D eigenvalue weighted by Crippen LogP contribution is -2.15. The Hall–Kier alpha value is -2.69. The third-order valence-electron chi connectivity index (χ3n) is 2.63. The number of aliphatic carboxylic acids is 1. The second-order valence-corrected chi connectivity index (χ2v) is 4.16. The Bertz CT molecular complexity index is 593. The van der Waals surface area contributed by atoms with Crippen molar-refractivity contribution in [2.75, 3.05) is 0 Å². The molecule has 0 unspecified atom stereocenters. The monoisotopic (exact) mass is 271 g/mol. The van der Waals surface area contributed by atoms with Crippen LogP contribution in [0.1, 0.15) is 11.3 Å². The van der Waals surface area contributed by atoms with Crippen molar-refractivity contribution in [2.45, 2.75) is 13.0 Å². The molecule has 102 valence electrons. The number of rotatable bonds is 6. The van der Waals surface area contributed by atoms with E-state index >= 15 is 0 Å². The lowest BCUT2D eigenvalue weighted by atomic mass is 10.2. The average molecular weight is 271 g/mol. The van der Waals surface area contributed by atoms with Crippen molar-refractivity contribution in [3.8, 4) is 5.75 Å². The molecule has 0 radical (unpaired) electrons. The first kappa shape index (κ1) is 13.7. The number of carboxylic acids is 1. The highest BCUT2D eigenvalue weighted by atomic mass is 16.5. The van der Waals surface area contributed by atoms with E-state index in [0.29, 0.717) is 18.1 Å². The number of aromatic nitrogens is 1. The molecule has 0 amide bonds. The maximum absolute atomic E-state index is 11.0. The summed E-state index contributed by atoms with van der Waals surface area (Å²) in [6, 6.07) is 12.9. The number of ether oxygens (including phenoxy) is 1. The zero-order valence-corrected chi connectivity index (χ0v) is 10.7. The Balaban J connectivity index is 1.91. The third-order valence-corrected chi connectivity index (χ3v) is 2.63. The van der Waals surface area contributed by atoms with Crippen LogP contribution in [-0.2, 0) is 22.6 Å². The second kappa shape index (κ2) is 6.47. The number of hydrogen-bond donors (Lipinski definition) is 1. The van der Waals surface area contributed by atoms with Gasteiger partial charge in [0.25, 0.3) is 0 Å². The van der Waals surface area contributed by atoms with Crippen molar-refractivity contribution in [1.29, 1.82) is 0 Å². The third kappa shape index (κ3) is 3.91. The minimum Gasteiger partial charge on any atom is -0.487 e. The molecule has 0 fully saturated rings. The number of ketones is 1. The smallest absolute Gasteiger partial charge is 0.372 e. The van der Waals surface area contributed by atoms with Crippen LogP contribution in [0.15, 0.2) is 48.7 Å². The molecule has 0 aliphatic heterocycles. The quantitative estimate of drug-likeness (QED) is 0.811. The standard InChI is InChI=1S/C15H13NO4/c17-14(15(18)19)8-12-6-7-13(9-16-12)20-10-11-4-2-1-3-5-11/h1-7,9H,8,10H2,(H,18,19). The summed E-state index contributed by atoms with van der Waals surface area (Å²) in [6.07, 6.45) is 1.27. The van der Waals surface area contributed by atoms with Crippen LogP contribution in [0.4, 0.5) is 0 Å². The first-order chi connectivity index (χ1) is 9.65. The van der Waals surface area contributed by atoms with Crippen molar-refractivity contribution in [1.82, 2.24) is 4.98 Å². The molecule has 2 rings (SSSR count). The molecule has 0 saturated heterocycles. The molecule has 1 aromatic heterocycles. The van der Waals surface area contributed by atoms with Gasteiger partial charge >= 0.3 is 5.97 Å². The summed E-state index contributed by atoms with van der Waals surface area (Å²) in [4.78, 5) is 25.5. The Kier molecular flexibility index (Phi) is 4.44. The number of hydrogen-bond acceptors (Lipinski definition) is 4. The number of carbonyl (C=O) groups excluding carboxylic acids is 1. The van der Waals surface area contributed by atoms with Gasteiger partial charge in [-0.15, -0.1) is 0 Å². The fraction of sp³-hybridized carbons (Fsp3) is 0.133. The van der Waals surface area contributed by atoms with Gasteiger partial charge < -0.3 is 9.84 Å². The molecule has 0 aliphatic carbocycles. The lowest BCUT2D eigenvalue weighted by molar-refractivity contribution is -0.148. The molecule has 5 nitrogen and oxygen atoms in total. The zero-order valence-electron chi connectivity index (χ0n) is 10.7. The highest BCUT2D eigenvalue weighted by Crippen LogP contribution is 2.12. The highest BCUT2D eigenvalue weighted by Gasteiger charge is 2.12. The Labute approximate surface area is 115 Å². The van der Waals surface area contributed by atoms with Crippen molar-refractivity contribution >= 4 is 11.8 Å². The van der Waals surface area contributed by atoms with E-state index < -0.39 is 11.8 Å². The molecule has 2 aromatic rings. The Morgan fingerprint density at radius 1 is 1.10 bits per heavy atom. The van der Waals surface area contributed by atoms with Crippen LogP contribution in [0, 0.1) is 0 Å². The molecule has 0 atom stereocenters. The van der Waals surface area contributed by atoms with E-state index in [0.717, 1.165) is 5.56 Å². The molecule has 20 heavy (non-hydrogen) atoms. The SMILES string of the molecule is O=C(O)C(=O)Cc1ccc(OCc2ccccc2)cn1. The molecule has 0 spiro atoms. The van der Waals surface area contributed by atoms with Gasteiger partial charge in [-0.2, -0.15) is 0 Å². The zero-order chi connectivity index (χ0) is 14.4. The topological polar surface area (TPSA) is 76.5 Å². The van der Waals surface area contributed by atoms with Crippen LogP contribution in [0.5, 0.6) is 5.75 Å². The van der Waals surface area contributed by atoms with Crippen LogP contribution < -0.4 is 4.74 Å². The molecular formula is C15H13NO4. The van der Waals surface area contributed by atoms with Crippen LogP contribution in [-0.4, -0.2) is 21.8 Å². The predicted molar refractivity (Wildman–Crippen MR) is 71.4 cm³/mol. The minimum absolute atomic E-state index is 0.214. The fourth-order valence-corrected chi connectivity index (χ4v) is 1.58. The van der Waals surface area contributed by atoms with Gasteiger partial charge in [-0.05, 0) is 17.7 Å². The van der Waals surface area contributed by atoms with E-state index in [-0.39, 0.29) is 6.42 Å². The molecule has 1 heterocycles. The van der Waals surface area contributed by atoms with E-state index in [1.165, 1.54) is 6.20 Å². The predicted octanol–water partition coefficient (Wildman–Crippen LogP) is 1.86. The average Bonchev–Trinajstić information content (AvgIpc) is 2.47. The maximum atomic E-state index is 11.0. The number of carboxylic acid groups (broad SMARTS) is 1. The van der Waals surface area contributed by atoms with E-state index in [1.807, 2.05) is 30.3 Å². The summed E-state index contributed by atoms with van der Waals surface area (Å²) in [5.74, 6) is -1.76. The van der Waals surface area contributed by atoms with Gasteiger partial charge in [-0.3, -0.25) is 9.78 Å². The first-order valence-corrected chi connectivity index (χ1v) is 6.03. The first-order valence-electron chi connectivity index (χ1n) is 6.03. The molecule has 0 aliphatic rings. The van der Waals surface area contributed by atoms with E-state index in [1.54, 1.807) is 12.1 Å². The second-order valence-electron chi connectivity index (χ2n) is 4.16. The number of benzene rings is 1. The number of nitrogens with zero attached hydrogens (tertiary/aromatic N) is 1. The van der Waals surface area contributed by atoms with Gasteiger partial charge in [0, 0.05) is 5.69 Å². The number of Topliss-reactive ketones (excluding diaryl/α,β-unsaturated/α-hetero) is 1. The molecule has 5 heteroatoms. The van der Waals surface area contributed by atoms with E-state index in [2.05, 4.69) is 4.98 Å². The van der Waals surface area contributed by atoms with Crippen molar-refractivity contribution in [3.05, 3.63) is 59.9 Å². The van der Waals surface area contributed by atoms with Crippen LogP contribution in [0.3, 0.4) is 0 Å². The Morgan fingerprint density at radius 2 is 1.85 bits per heavy atom. The maximum Gasteiger partial charge on any atom is 0.372 e. The summed E-state index contributed by atoms with van der Waals surface area (Å²) >= 11 is 0. The molecule has 0 saturated carbocycles. The van der Waals surface area contributed by atoms with Crippen LogP contribution in [0.25, 0.3) is 0 Å². The summed E-state index contributed by atoms with van der Waals surface area (Å²) in [5, 5.41) is 8.51. The van der Waals surface area contributed by atoms with Crippen molar-refractivity contribution in [2.24, 2.45) is 0 Å². The van der Waals surface area contributed by atoms with Gasteiger partial charge in [0.05, 0.1) is 12.6 Å². The molecular weight excluding hydrogens is 258 g/mol.